The first-order valence-corrected chi connectivity index (χ1v) is 9.15. The first-order chi connectivity index (χ1) is 13.4. The highest BCUT2D eigenvalue weighted by Gasteiger charge is 2.22. The molecule has 6 nitrogen and oxygen atoms in total. The fraction of sp³-hybridized carbons (Fsp3) is 0.286. The molecule has 0 bridgehead atoms. The Labute approximate surface area is 161 Å². The van der Waals surface area contributed by atoms with Crippen molar-refractivity contribution in [1.82, 2.24) is 5.32 Å². The van der Waals surface area contributed by atoms with Gasteiger partial charge in [0.2, 0.25) is 5.91 Å². The average Bonchev–Trinajstić information content (AvgIpc) is 3.23. The van der Waals surface area contributed by atoms with E-state index in [0.29, 0.717) is 12.1 Å². The summed E-state index contributed by atoms with van der Waals surface area (Å²) in [5.41, 5.74) is 0.829. The topological polar surface area (TPSA) is 95.5 Å². The van der Waals surface area contributed by atoms with Gasteiger partial charge in [-0.15, -0.1) is 0 Å². The molecule has 1 fully saturated rings. The average molecular weight is 384 g/mol. The van der Waals surface area contributed by atoms with E-state index in [0.717, 1.165) is 49.4 Å². The highest BCUT2D eigenvalue weighted by molar-refractivity contribution is 6.04. The molecule has 0 unspecified atom stereocenters. The van der Waals surface area contributed by atoms with Gasteiger partial charge in [-0.2, -0.15) is 0 Å². The molecule has 0 aromatic heterocycles. The minimum absolute atomic E-state index is 0.0631. The molecule has 0 spiro atoms. The molecule has 3 N–H and O–H groups in total. The molecule has 3 rings (SSSR count). The molecule has 0 heterocycles. The fourth-order valence-electron chi connectivity index (χ4n) is 3.24. The second-order valence-corrected chi connectivity index (χ2v) is 6.85. The maximum Gasteiger partial charge on any atom is 0.335 e. The van der Waals surface area contributed by atoms with Gasteiger partial charge >= 0.3 is 5.97 Å². The molecule has 2 amide bonds. The van der Waals surface area contributed by atoms with Crippen LogP contribution in [0.25, 0.3) is 0 Å². The first kappa shape index (κ1) is 19.5. The number of hydrogen-bond donors (Lipinski definition) is 3. The standard InChI is InChI=1S/C21H21FN2O4/c22-17-10-9-16(21(27)28)11-18(17)24-20(26)15-7-5-13(6-8-15)12-23-19(25)14-3-1-2-4-14/h5-11,14H,1-4,12H2,(H,23,25)(H,24,26)(H,27,28). The summed E-state index contributed by atoms with van der Waals surface area (Å²) in [4.78, 5) is 35.3. The SMILES string of the molecule is O=C(O)c1ccc(F)c(NC(=O)c2ccc(CNC(=O)C3CCCC3)cc2)c1. The number of hydrogen-bond acceptors (Lipinski definition) is 3. The third kappa shape index (κ3) is 4.73. The van der Waals surface area contributed by atoms with E-state index in [-0.39, 0.29) is 23.1 Å². The normalized spacial score (nSPS) is 13.9. The van der Waals surface area contributed by atoms with Crippen molar-refractivity contribution in [3.05, 3.63) is 65.0 Å². The highest BCUT2D eigenvalue weighted by Crippen LogP contribution is 2.24. The van der Waals surface area contributed by atoms with Gasteiger partial charge in [-0.05, 0) is 48.7 Å². The molecule has 28 heavy (non-hydrogen) atoms. The zero-order valence-electron chi connectivity index (χ0n) is 15.2. The first-order valence-electron chi connectivity index (χ1n) is 9.15. The predicted octanol–water partition coefficient (Wildman–Crippen LogP) is 3.58. The van der Waals surface area contributed by atoms with E-state index in [1.807, 2.05) is 0 Å². The van der Waals surface area contributed by atoms with Gasteiger partial charge in [-0.1, -0.05) is 25.0 Å². The van der Waals surface area contributed by atoms with Gasteiger partial charge in [0.1, 0.15) is 5.82 Å². The van der Waals surface area contributed by atoms with Crippen molar-refractivity contribution in [2.24, 2.45) is 5.92 Å². The van der Waals surface area contributed by atoms with Crippen molar-refractivity contribution >= 4 is 23.5 Å². The zero-order valence-corrected chi connectivity index (χ0v) is 15.2. The molecular weight excluding hydrogens is 363 g/mol. The summed E-state index contributed by atoms with van der Waals surface area (Å²) in [6.07, 6.45) is 4.06. The molecule has 2 aromatic carbocycles. The van der Waals surface area contributed by atoms with Gasteiger partial charge in [-0.25, -0.2) is 9.18 Å². The summed E-state index contributed by atoms with van der Waals surface area (Å²) in [5.74, 6) is -2.32. The Hall–Kier alpha value is -3.22. The number of carboxylic acids is 1. The van der Waals surface area contributed by atoms with Crippen LogP contribution in [0.2, 0.25) is 0 Å². The summed E-state index contributed by atoms with van der Waals surface area (Å²) in [6, 6.07) is 9.78. The molecule has 2 aromatic rings. The zero-order chi connectivity index (χ0) is 20.1. The van der Waals surface area contributed by atoms with E-state index < -0.39 is 17.7 Å². The number of halogens is 1. The van der Waals surface area contributed by atoms with Gasteiger partial charge < -0.3 is 15.7 Å². The van der Waals surface area contributed by atoms with Crippen molar-refractivity contribution in [3.63, 3.8) is 0 Å². The molecule has 0 radical (unpaired) electrons. The lowest BCUT2D eigenvalue weighted by molar-refractivity contribution is -0.124. The second kappa shape index (κ2) is 8.65. The number of amides is 2. The Bertz CT molecular complexity index is 890. The molecular formula is C21H21FN2O4. The van der Waals surface area contributed by atoms with E-state index >= 15 is 0 Å². The molecule has 1 saturated carbocycles. The number of carbonyl (C=O) groups is 3. The molecule has 7 heteroatoms. The van der Waals surface area contributed by atoms with Crippen LogP contribution < -0.4 is 10.6 Å². The van der Waals surface area contributed by atoms with Gasteiger partial charge in [0.05, 0.1) is 11.3 Å². The lowest BCUT2D eigenvalue weighted by Gasteiger charge is -2.11. The van der Waals surface area contributed by atoms with E-state index in [1.54, 1.807) is 24.3 Å². The Morgan fingerprint density at radius 3 is 2.29 bits per heavy atom. The largest absolute Gasteiger partial charge is 0.478 e. The second-order valence-electron chi connectivity index (χ2n) is 6.85. The number of nitrogens with one attached hydrogen (secondary N) is 2. The number of aromatic carboxylic acids is 1. The smallest absolute Gasteiger partial charge is 0.335 e. The van der Waals surface area contributed by atoms with Gasteiger partial charge in [0, 0.05) is 18.0 Å². The van der Waals surface area contributed by atoms with Crippen molar-refractivity contribution in [2.75, 3.05) is 5.32 Å². The maximum absolute atomic E-state index is 13.8. The summed E-state index contributed by atoms with van der Waals surface area (Å²) < 4.78 is 13.8. The molecule has 1 aliphatic rings. The lowest BCUT2D eigenvalue weighted by atomic mass is 10.1. The minimum atomic E-state index is -1.21. The Morgan fingerprint density at radius 2 is 1.64 bits per heavy atom. The molecule has 0 atom stereocenters. The summed E-state index contributed by atoms with van der Waals surface area (Å²) in [5, 5.41) is 14.3. The number of carboxylic acid groups (broad SMARTS) is 1. The van der Waals surface area contributed by atoms with E-state index in [4.69, 9.17) is 5.11 Å². The third-order valence-corrected chi connectivity index (χ3v) is 4.87. The van der Waals surface area contributed by atoms with Gasteiger partial charge in [0.25, 0.3) is 5.91 Å². The number of carbonyl (C=O) groups excluding carboxylic acids is 2. The lowest BCUT2D eigenvalue weighted by Crippen LogP contribution is -2.28. The van der Waals surface area contributed by atoms with Crippen molar-refractivity contribution in [2.45, 2.75) is 32.2 Å². The predicted molar refractivity (Wildman–Crippen MR) is 102 cm³/mol. The van der Waals surface area contributed by atoms with Crippen LogP contribution in [0.4, 0.5) is 10.1 Å². The van der Waals surface area contributed by atoms with Crippen LogP contribution in [-0.2, 0) is 11.3 Å². The third-order valence-electron chi connectivity index (χ3n) is 4.87. The van der Waals surface area contributed by atoms with Crippen molar-refractivity contribution in [1.29, 1.82) is 0 Å². The summed E-state index contributed by atoms with van der Waals surface area (Å²) in [6.45, 7) is 0.381. The Morgan fingerprint density at radius 1 is 1.00 bits per heavy atom. The van der Waals surface area contributed by atoms with E-state index in [9.17, 15) is 18.8 Å². The minimum Gasteiger partial charge on any atom is -0.478 e. The van der Waals surface area contributed by atoms with Crippen LogP contribution in [0.5, 0.6) is 0 Å². The highest BCUT2D eigenvalue weighted by atomic mass is 19.1. The fourth-order valence-corrected chi connectivity index (χ4v) is 3.24. The monoisotopic (exact) mass is 384 g/mol. The molecule has 0 aliphatic heterocycles. The molecule has 146 valence electrons. The van der Waals surface area contributed by atoms with Crippen LogP contribution >= 0.6 is 0 Å². The number of benzene rings is 2. The quantitative estimate of drug-likeness (QED) is 0.709. The summed E-state index contributed by atoms with van der Waals surface area (Å²) >= 11 is 0. The van der Waals surface area contributed by atoms with Crippen LogP contribution in [0.3, 0.4) is 0 Å². The van der Waals surface area contributed by atoms with Gasteiger partial charge in [-0.3, -0.25) is 9.59 Å². The van der Waals surface area contributed by atoms with Crippen LogP contribution in [0.1, 0.15) is 52.0 Å². The van der Waals surface area contributed by atoms with E-state index in [1.165, 1.54) is 0 Å². The van der Waals surface area contributed by atoms with Crippen LogP contribution in [0, 0.1) is 11.7 Å². The Balaban J connectivity index is 1.60. The van der Waals surface area contributed by atoms with Crippen molar-refractivity contribution in [3.8, 4) is 0 Å². The number of anilines is 1. The molecule has 1 aliphatic carbocycles. The van der Waals surface area contributed by atoms with Crippen molar-refractivity contribution < 1.29 is 23.9 Å². The summed E-state index contributed by atoms with van der Waals surface area (Å²) in [7, 11) is 0. The van der Waals surface area contributed by atoms with E-state index in [2.05, 4.69) is 10.6 Å². The van der Waals surface area contributed by atoms with Crippen LogP contribution in [0.15, 0.2) is 42.5 Å². The molecule has 0 saturated heterocycles. The van der Waals surface area contributed by atoms with Gasteiger partial charge in [0.15, 0.2) is 0 Å². The Kier molecular flexibility index (Phi) is 6.03. The number of rotatable bonds is 6. The van der Waals surface area contributed by atoms with Crippen LogP contribution in [-0.4, -0.2) is 22.9 Å². The maximum atomic E-state index is 13.8.